The van der Waals surface area contributed by atoms with Crippen LogP contribution in [0.5, 0.6) is 5.75 Å². The van der Waals surface area contributed by atoms with E-state index in [1.165, 1.54) is 15.9 Å². The Labute approximate surface area is 216 Å². The number of halogens is 2. The number of fused-ring (bicyclic) bond motifs is 1. The molecule has 3 aromatic rings. The molecule has 0 saturated carbocycles. The number of para-hydroxylation sites is 1. The molecule has 0 aliphatic carbocycles. The minimum atomic E-state index is -3.54. The molecule has 196 valence electrons. The van der Waals surface area contributed by atoms with Gasteiger partial charge in [0.2, 0.25) is 0 Å². The first kappa shape index (κ1) is 26.6. The van der Waals surface area contributed by atoms with E-state index in [0.29, 0.717) is 23.4 Å². The second-order valence-electron chi connectivity index (χ2n) is 9.61. The van der Waals surface area contributed by atoms with Gasteiger partial charge in [-0.1, -0.05) is 24.3 Å². The third-order valence-corrected chi connectivity index (χ3v) is 7.57. The first-order valence-corrected chi connectivity index (χ1v) is 13.9. The van der Waals surface area contributed by atoms with Crippen molar-refractivity contribution in [2.45, 2.75) is 51.7 Å². The minimum absolute atomic E-state index is 0.0709. The summed E-state index contributed by atoms with van der Waals surface area (Å²) in [5.41, 5.74) is 2.86. The molecule has 0 atom stereocenters. The van der Waals surface area contributed by atoms with Gasteiger partial charge in [-0.3, -0.25) is 9.80 Å². The van der Waals surface area contributed by atoms with Gasteiger partial charge >= 0.3 is 6.03 Å². The number of hydrogen-bond acceptors (Lipinski definition) is 4. The van der Waals surface area contributed by atoms with Gasteiger partial charge in [-0.2, -0.15) is 0 Å². The molecule has 9 heteroatoms. The first-order chi connectivity index (χ1) is 17.4. The van der Waals surface area contributed by atoms with E-state index in [0.717, 1.165) is 29.5 Å². The standard InChI is InChI=1S/C28H30F2N2O4S/c1-17(2)36-21-13-23(29)22(24(30)14-21)16-32-25-9-7-6-8-20(25)10-11-31(28(32)33)26-15-27(37(5,34)35)19(4)12-18(26)3/h6-9,12-15,17H,10-11,16H2,1-5H3. The molecule has 2 amide bonds. The fraction of sp³-hybridized carbons (Fsp3) is 0.321. The van der Waals surface area contributed by atoms with Crippen molar-refractivity contribution in [2.75, 3.05) is 22.6 Å². The van der Waals surface area contributed by atoms with Crippen molar-refractivity contribution in [3.05, 3.63) is 82.4 Å². The summed E-state index contributed by atoms with van der Waals surface area (Å²) in [6.07, 6.45) is 1.34. The Morgan fingerprint density at radius 3 is 2.24 bits per heavy atom. The van der Waals surface area contributed by atoms with Gasteiger partial charge in [0.05, 0.1) is 17.5 Å². The summed E-state index contributed by atoms with van der Waals surface area (Å²) in [5, 5.41) is 0. The van der Waals surface area contributed by atoms with Gasteiger partial charge in [0, 0.05) is 41.9 Å². The number of urea groups is 1. The average Bonchev–Trinajstić information content (AvgIpc) is 2.92. The van der Waals surface area contributed by atoms with Crippen LogP contribution in [0.3, 0.4) is 0 Å². The van der Waals surface area contributed by atoms with Crippen LogP contribution in [0.15, 0.2) is 53.4 Å². The maximum Gasteiger partial charge on any atom is 0.329 e. The van der Waals surface area contributed by atoms with Crippen LogP contribution in [0.25, 0.3) is 0 Å². The Kier molecular flexibility index (Phi) is 7.28. The minimum Gasteiger partial charge on any atom is -0.491 e. The molecule has 0 bridgehead atoms. The molecule has 3 aromatic carbocycles. The molecule has 1 aliphatic rings. The number of anilines is 2. The molecule has 1 heterocycles. The third kappa shape index (κ3) is 5.46. The molecule has 6 nitrogen and oxygen atoms in total. The second kappa shape index (κ2) is 10.1. The van der Waals surface area contributed by atoms with E-state index < -0.39 is 27.5 Å². The van der Waals surface area contributed by atoms with Gasteiger partial charge in [0.15, 0.2) is 9.84 Å². The molecular formula is C28H30F2N2O4S. The van der Waals surface area contributed by atoms with Crippen molar-refractivity contribution in [1.82, 2.24) is 0 Å². The number of amides is 2. The summed E-state index contributed by atoms with van der Waals surface area (Å²) in [5.74, 6) is -1.56. The van der Waals surface area contributed by atoms with E-state index >= 15 is 8.78 Å². The number of ether oxygens (including phenoxy) is 1. The van der Waals surface area contributed by atoms with Crippen LogP contribution in [0, 0.1) is 25.5 Å². The average molecular weight is 529 g/mol. The van der Waals surface area contributed by atoms with E-state index in [1.807, 2.05) is 12.1 Å². The van der Waals surface area contributed by atoms with Crippen LogP contribution in [-0.4, -0.2) is 33.4 Å². The van der Waals surface area contributed by atoms with Gasteiger partial charge in [-0.05, 0) is 62.9 Å². The predicted octanol–water partition coefficient (Wildman–Crippen LogP) is 5.96. The summed E-state index contributed by atoms with van der Waals surface area (Å²) in [6.45, 7) is 6.94. The van der Waals surface area contributed by atoms with E-state index in [2.05, 4.69) is 0 Å². The summed E-state index contributed by atoms with van der Waals surface area (Å²) >= 11 is 0. The Morgan fingerprint density at radius 2 is 1.62 bits per heavy atom. The maximum atomic E-state index is 15.1. The summed E-state index contributed by atoms with van der Waals surface area (Å²) in [7, 11) is -3.54. The monoisotopic (exact) mass is 528 g/mol. The summed E-state index contributed by atoms with van der Waals surface area (Å²) in [6, 6.07) is 12.2. The smallest absolute Gasteiger partial charge is 0.329 e. The Balaban J connectivity index is 1.80. The molecule has 4 rings (SSSR count). The molecule has 0 radical (unpaired) electrons. The van der Waals surface area contributed by atoms with Gasteiger partial charge < -0.3 is 4.74 Å². The quantitative estimate of drug-likeness (QED) is 0.396. The lowest BCUT2D eigenvalue weighted by Crippen LogP contribution is -2.43. The molecule has 37 heavy (non-hydrogen) atoms. The van der Waals surface area contributed by atoms with Crippen molar-refractivity contribution >= 4 is 27.2 Å². The number of hydrogen-bond donors (Lipinski definition) is 0. The van der Waals surface area contributed by atoms with Crippen LogP contribution in [0.1, 0.15) is 36.1 Å². The number of sulfone groups is 1. The highest BCUT2D eigenvalue weighted by molar-refractivity contribution is 7.90. The largest absolute Gasteiger partial charge is 0.491 e. The van der Waals surface area contributed by atoms with Crippen LogP contribution in [0.4, 0.5) is 25.0 Å². The fourth-order valence-corrected chi connectivity index (χ4v) is 5.65. The highest BCUT2D eigenvalue weighted by Crippen LogP contribution is 2.34. The van der Waals surface area contributed by atoms with Crippen molar-refractivity contribution in [3.63, 3.8) is 0 Å². The number of nitrogens with zero attached hydrogens (tertiary/aromatic N) is 2. The predicted molar refractivity (Wildman–Crippen MR) is 140 cm³/mol. The first-order valence-electron chi connectivity index (χ1n) is 12.0. The Morgan fingerprint density at radius 1 is 0.973 bits per heavy atom. The third-order valence-electron chi connectivity index (χ3n) is 6.34. The lowest BCUT2D eigenvalue weighted by atomic mass is 10.1. The van der Waals surface area contributed by atoms with E-state index in [4.69, 9.17) is 4.74 Å². The van der Waals surface area contributed by atoms with Gasteiger partial charge in [-0.15, -0.1) is 0 Å². The molecule has 0 fully saturated rings. The second-order valence-corrected chi connectivity index (χ2v) is 11.6. The van der Waals surface area contributed by atoms with Crippen molar-refractivity contribution in [3.8, 4) is 5.75 Å². The van der Waals surface area contributed by atoms with E-state index in [1.54, 1.807) is 45.9 Å². The number of carbonyl (C=O) groups is 1. The van der Waals surface area contributed by atoms with Crippen molar-refractivity contribution < 1.29 is 26.7 Å². The molecular weight excluding hydrogens is 498 g/mol. The summed E-state index contributed by atoms with van der Waals surface area (Å²) in [4.78, 5) is 16.9. The normalized spacial score (nSPS) is 14.1. The molecule has 0 aromatic heterocycles. The number of rotatable bonds is 6. The van der Waals surface area contributed by atoms with E-state index in [-0.39, 0.29) is 35.4 Å². The van der Waals surface area contributed by atoms with Crippen LogP contribution >= 0.6 is 0 Å². The highest BCUT2D eigenvalue weighted by Gasteiger charge is 2.32. The zero-order valence-corrected chi connectivity index (χ0v) is 22.3. The van der Waals surface area contributed by atoms with Crippen molar-refractivity contribution in [1.29, 1.82) is 0 Å². The fourth-order valence-electron chi connectivity index (χ4n) is 4.68. The van der Waals surface area contributed by atoms with Gasteiger partial charge in [0.1, 0.15) is 17.4 Å². The van der Waals surface area contributed by atoms with Crippen LogP contribution in [0.2, 0.25) is 0 Å². The van der Waals surface area contributed by atoms with Crippen LogP contribution in [-0.2, 0) is 22.8 Å². The summed E-state index contributed by atoms with van der Waals surface area (Å²) < 4.78 is 60.4. The number of benzene rings is 3. The molecule has 0 saturated heterocycles. The lowest BCUT2D eigenvalue weighted by molar-refractivity contribution is 0.240. The Bertz CT molecular complexity index is 1450. The van der Waals surface area contributed by atoms with E-state index in [9.17, 15) is 13.2 Å². The molecule has 0 spiro atoms. The van der Waals surface area contributed by atoms with Gasteiger partial charge in [0.25, 0.3) is 0 Å². The lowest BCUT2D eigenvalue weighted by Gasteiger charge is -2.30. The number of carbonyl (C=O) groups excluding carboxylic acids is 1. The molecule has 1 aliphatic heterocycles. The Hall–Kier alpha value is -3.46. The maximum absolute atomic E-state index is 15.1. The SMILES string of the molecule is Cc1cc(C)c(S(C)(=O)=O)cc1N1CCc2ccccc2N(Cc2c(F)cc(OC(C)C)cc2F)C1=O. The van der Waals surface area contributed by atoms with Gasteiger partial charge in [-0.25, -0.2) is 22.0 Å². The van der Waals surface area contributed by atoms with Crippen LogP contribution < -0.4 is 14.5 Å². The molecule has 0 N–H and O–H groups in total. The topological polar surface area (TPSA) is 66.9 Å². The molecule has 0 unspecified atom stereocenters. The zero-order chi connectivity index (χ0) is 27.1. The van der Waals surface area contributed by atoms with Crippen molar-refractivity contribution in [2.24, 2.45) is 0 Å². The highest BCUT2D eigenvalue weighted by atomic mass is 32.2. The zero-order valence-electron chi connectivity index (χ0n) is 21.5. The number of aryl methyl sites for hydroxylation is 2.